The van der Waals surface area contributed by atoms with Crippen LogP contribution in [0.1, 0.15) is 6.92 Å². The molecule has 7 heteroatoms. The van der Waals surface area contributed by atoms with Gasteiger partial charge in [-0.05, 0) is 18.2 Å². The minimum atomic E-state index is -0.644. The molecule has 19 heavy (non-hydrogen) atoms. The molecule has 1 aromatic heterocycles. The van der Waals surface area contributed by atoms with E-state index >= 15 is 0 Å². The van der Waals surface area contributed by atoms with Gasteiger partial charge in [0.1, 0.15) is 5.15 Å². The Labute approximate surface area is 113 Å². The van der Waals surface area contributed by atoms with Crippen LogP contribution in [-0.4, -0.2) is 15.9 Å². The molecule has 1 N–H and O–H groups in total. The topological polar surface area (TPSA) is 64.1 Å². The summed E-state index contributed by atoms with van der Waals surface area (Å²) in [4.78, 5) is 18.4. The van der Waals surface area contributed by atoms with Crippen molar-refractivity contribution in [3.05, 3.63) is 41.4 Å². The van der Waals surface area contributed by atoms with Gasteiger partial charge < -0.3 is 10.1 Å². The van der Waals surface area contributed by atoms with Crippen LogP contribution in [0.15, 0.2) is 30.5 Å². The van der Waals surface area contributed by atoms with Gasteiger partial charge in [0.25, 0.3) is 0 Å². The third-order valence-electron chi connectivity index (χ3n) is 2.05. The molecular formula is C12H9ClFN3O2. The second-order valence-electron chi connectivity index (χ2n) is 3.59. The normalized spacial score (nSPS) is 10.1. The van der Waals surface area contributed by atoms with Crippen molar-refractivity contribution >= 4 is 23.2 Å². The smallest absolute Gasteiger partial charge is 0.323 e. The van der Waals surface area contributed by atoms with Crippen molar-refractivity contribution < 1.29 is 13.9 Å². The lowest BCUT2D eigenvalue weighted by molar-refractivity contribution is -0.114. The van der Waals surface area contributed by atoms with Gasteiger partial charge in [-0.3, -0.25) is 4.79 Å². The third-order valence-corrected chi connectivity index (χ3v) is 2.26. The fourth-order valence-electron chi connectivity index (χ4n) is 1.33. The molecule has 0 spiro atoms. The Kier molecular flexibility index (Phi) is 3.91. The Bertz CT molecular complexity index is 622. The summed E-state index contributed by atoms with van der Waals surface area (Å²) < 4.78 is 18.9. The number of hydrogen-bond donors (Lipinski definition) is 1. The molecule has 5 nitrogen and oxygen atoms in total. The minimum absolute atomic E-state index is 0.0568. The first-order valence-corrected chi connectivity index (χ1v) is 5.66. The Balaban J connectivity index is 2.19. The zero-order valence-electron chi connectivity index (χ0n) is 9.85. The number of carbonyl (C=O) groups excluding carboxylic acids is 1. The Morgan fingerprint density at radius 2 is 2.21 bits per heavy atom. The van der Waals surface area contributed by atoms with Crippen molar-refractivity contribution in [2.24, 2.45) is 0 Å². The summed E-state index contributed by atoms with van der Waals surface area (Å²) in [5, 5.41) is 2.65. The summed E-state index contributed by atoms with van der Waals surface area (Å²) in [6, 6.07) is 5.43. The third kappa shape index (κ3) is 3.62. The van der Waals surface area contributed by atoms with Gasteiger partial charge in [0.05, 0.1) is 0 Å². The van der Waals surface area contributed by atoms with Gasteiger partial charge in [0.15, 0.2) is 11.6 Å². The van der Waals surface area contributed by atoms with Gasteiger partial charge >= 0.3 is 6.01 Å². The number of nitrogens with zero attached hydrogens (tertiary/aromatic N) is 2. The molecule has 0 bridgehead atoms. The van der Waals surface area contributed by atoms with Crippen molar-refractivity contribution in [2.75, 3.05) is 5.32 Å². The van der Waals surface area contributed by atoms with E-state index < -0.39 is 5.82 Å². The van der Waals surface area contributed by atoms with Gasteiger partial charge in [-0.25, -0.2) is 9.37 Å². The maximum absolute atomic E-state index is 13.7. The van der Waals surface area contributed by atoms with Crippen molar-refractivity contribution in [1.82, 2.24) is 9.97 Å². The lowest BCUT2D eigenvalue weighted by Crippen LogP contribution is -2.06. The number of ether oxygens (including phenoxy) is 1. The predicted octanol–water partition coefficient (Wildman–Crippen LogP) is 3.02. The number of nitrogens with one attached hydrogen (secondary N) is 1. The van der Waals surface area contributed by atoms with E-state index in [9.17, 15) is 9.18 Å². The average Bonchev–Trinajstić information content (AvgIpc) is 2.32. The second-order valence-corrected chi connectivity index (χ2v) is 3.98. The maximum Gasteiger partial charge on any atom is 0.323 e. The molecule has 1 heterocycles. The van der Waals surface area contributed by atoms with Crippen LogP contribution in [0.3, 0.4) is 0 Å². The van der Waals surface area contributed by atoms with E-state index in [1.807, 2.05) is 0 Å². The highest BCUT2D eigenvalue weighted by atomic mass is 35.5. The standard InChI is InChI=1S/C12H9ClFN3O2/c1-7(18)16-8-2-3-10(9(14)6-8)19-12-15-5-4-11(13)17-12/h2-6H,1H3,(H,16,18). The van der Waals surface area contributed by atoms with E-state index in [0.717, 1.165) is 6.07 Å². The first-order chi connectivity index (χ1) is 9.04. The minimum Gasteiger partial charge on any atom is -0.421 e. The van der Waals surface area contributed by atoms with Crippen molar-refractivity contribution in [1.29, 1.82) is 0 Å². The Morgan fingerprint density at radius 1 is 1.42 bits per heavy atom. The number of hydrogen-bond acceptors (Lipinski definition) is 4. The molecule has 0 saturated carbocycles. The predicted molar refractivity (Wildman–Crippen MR) is 67.8 cm³/mol. The largest absolute Gasteiger partial charge is 0.421 e. The second kappa shape index (κ2) is 5.62. The zero-order chi connectivity index (χ0) is 13.8. The molecule has 98 valence electrons. The molecule has 0 fully saturated rings. The first kappa shape index (κ1) is 13.2. The summed E-state index contributed by atoms with van der Waals surface area (Å²) in [6.45, 7) is 1.34. The van der Waals surface area contributed by atoms with Gasteiger partial charge in [-0.1, -0.05) is 11.6 Å². The lowest BCUT2D eigenvalue weighted by Gasteiger charge is -2.07. The molecule has 2 rings (SSSR count). The number of benzene rings is 1. The van der Waals surface area contributed by atoms with Crippen LogP contribution >= 0.6 is 11.6 Å². The fraction of sp³-hybridized carbons (Fsp3) is 0.0833. The van der Waals surface area contributed by atoms with Crippen LogP contribution in [0.25, 0.3) is 0 Å². The first-order valence-electron chi connectivity index (χ1n) is 5.28. The van der Waals surface area contributed by atoms with Crippen LogP contribution in [-0.2, 0) is 4.79 Å². The van der Waals surface area contributed by atoms with Crippen LogP contribution in [0.4, 0.5) is 10.1 Å². The lowest BCUT2D eigenvalue weighted by atomic mass is 10.3. The van der Waals surface area contributed by atoms with E-state index in [1.54, 1.807) is 0 Å². The van der Waals surface area contributed by atoms with Crippen molar-refractivity contribution in [2.45, 2.75) is 6.92 Å². The van der Waals surface area contributed by atoms with Gasteiger partial charge in [-0.15, -0.1) is 0 Å². The summed E-state index contributed by atoms with van der Waals surface area (Å²) in [5.74, 6) is -0.988. The number of halogens is 2. The van der Waals surface area contributed by atoms with Crippen LogP contribution in [0.5, 0.6) is 11.8 Å². The van der Waals surface area contributed by atoms with Crippen LogP contribution < -0.4 is 10.1 Å². The van der Waals surface area contributed by atoms with Gasteiger partial charge in [0, 0.05) is 24.9 Å². The molecule has 1 amide bonds. The number of aromatic nitrogens is 2. The van der Waals surface area contributed by atoms with Crippen molar-refractivity contribution in [3.63, 3.8) is 0 Å². The van der Waals surface area contributed by atoms with Gasteiger partial charge in [-0.2, -0.15) is 4.98 Å². The number of amides is 1. The molecule has 0 unspecified atom stereocenters. The van der Waals surface area contributed by atoms with Crippen molar-refractivity contribution in [3.8, 4) is 11.8 Å². The zero-order valence-corrected chi connectivity index (χ0v) is 10.6. The molecule has 0 aliphatic rings. The van der Waals surface area contributed by atoms with E-state index in [1.165, 1.54) is 31.3 Å². The molecule has 0 aliphatic heterocycles. The summed E-state index contributed by atoms with van der Waals surface area (Å²) in [5.41, 5.74) is 0.337. The molecule has 0 atom stereocenters. The van der Waals surface area contributed by atoms with E-state index in [-0.39, 0.29) is 22.8 Å². The highest BCUT2D eigenvalue weighted by Gasteiger charge is 2.08. The number of anilines is 1. The molecule has 0 saturated heterocycles. The SMILES string of the molecule is CC(=O)Nc1ccc(Oc2nccc(Cl)n2)c(F)c1. The van der Waals surface area contributed by atoms with Crippen LogP contribution in [0.2, 0.25) is 5.15 Å². The maximum atomic E-state index is 13.7. The van der Waals surface area contributed by atoms with E-state index in [0.29, 0.717) is 5.69 Å². The summed E-state index contributed by atoms with van der Waals surface area (Å²) >= 11 is 5.66. The van der Waals surface area contributed by atoms with Gasteiger partial charge in [0.2, 0.25) is 5.91 Å². The molecular weight excluding hydrogens is 273 g/mol. The quantitative estimate of drug-likeness (QED) is 0.878. The van der Waals surface area contributed by atoms with E-state index in [2.05, 4.69) is 15.3 Å². The number of carbonyl (C=O) groups is 1. The monoisotopic (exact) mass is 281 g/mol. The molecule has 2 aromatic rings. The Hall–Kier alpha value is -2.21. The summed E-state index contributed by atoms with van der Waals surface area (Å²) in [6.07, 6.45) is 1.40. The summed E-state index contributed by atoms with van der Waals surface area (Å²) in [7, 11) is 0. The molecule has 0 aliphatic carbocycles. The highest BCUT2D eigenvalue weighted by Crippen LogP contribution is 2.25. The fourth-order valence-corrected chi connectivity index (χ4v) is 1.46. The molecule has 0 radical (unpaired) electrons. The van der Waals surface area contributed by atoms with Crippen LogP contribution in [0, 0.1) is 5.82 Å². The molecule has 1 aromatic carbocycles. The number of rotatable bonds is 3. The van der Waals surface area contributed by atoms with E-state index in [4.69, 9.17) is 16.3 Å². The Morgan fingerprint density at radius 3 is 2.84 bits per heavy atom. The highest BCUT2D eigenvalue weighted by molar-refractivity contribution is 6.29. The average molecular weight is 282 g/mol.